The summed E-state index contributed by atoms with van der Waals surface area (Å²) in [6, 6.07) is 10.3. The van der Waals surface area contributed by atoms with Gasteiger partial charge in [-0.1, -0.05) is 18.2 Å². The average Bonchev–Trinajstić information content (AvgIpc) is 2.82. The number of aromatic amines is 1. The van der Waals surface area contributed by atoms with Gasteiger partial charge in [0, 0.05) is 6.54 Å². The second-order valence-corrected chi connectivity index (χ2v) is 5.00. The van der Waals surface area contributed by atoms with E-state index in [-0.39, 0.29) is 0 Å². The molecule has 0 bridgehead atoms. The van der Waals surface area contributed by atoms with Crippen LogP contribution in [0.3, 0.4) is 0 Å². The van der Waals surface area contributed by atoms with Crippen molar-refractivity contribution in [3.05, 3.63) is 35.1 Å². The quantitative estimate of drug-likeness (QED) is 0.854. The predicted octanol–water partition coefficient (Wildman–Crippen LogP) is 2.15. The highest BCUT2D eigenvalue weighted by Crippen LogP contribution is 2.21. The summed E-state index contributed by atoms with van der Waals surface area (Å²) in [5.74, 6) is 0.854. The molecule has 1 atom stereocenters. The SMILES string of the molecule is CC1COCCN1c1n[nH]c(=S)n1-c1ccccc1. The first kappa shape index (κ1) is 12.4. The predicted molar refractivity (Wildman–Crippen MR) is 76.4 cm³/mol. The second-order valence-electron chi connectivity index (χ2n) is 4.62. The Morgan fingerprint density at radius 3 is 2.89 bits per heavy atom. The monoisotopic (exact) mass is 276 g/mol. The summed E-state index contributed by atoms with van der Waals surface area (Å²) in [7, 11) is 0. The fraction of sp³-hybridized carbons (Fsp3) is 0.385. The average molecular weight is 276 g/mol. The molecule has 6 heteroatoms. The molecule has 1 aliphatic rings. The van der Waals surface area contributed by atoms with Crippen LogP contribution in [0.1, 0.15) is 6.92 Å². The zero-order chi connectivity index (χ0) is 13.2. The lowest BCUT2D eigenvalue weighted by molar-refractivity contribution is 0.0979. The third kappa shape index (κ3) is 2.29. The van der Waals surface area contributed by atoms with Crippen LogP contribution in [0.2, 0.25) is 0 Å². The number of rotatable bonds is 2. The number of nitrogens with zero attached hydrogens (tertiary/aromatic N) is 3. The molecule has 0 aliphatic carbocycles. The molecule has 1 N–H and O–H groups in total. The highest BCUT2D eigenvalue weighted by molar-refractivity contribution is 7.71. The van der Waals surface area contributed by atoms with Crippen molar-refractivity contribution in [3.63, 3.8) is 0 Å². The largest absolute Gasteiger partial charge is 0.377 e. The molecule has 1 saturated heterocycles. The molecule has 2 heterocycles. The van der Waals surface area contributed by atoms with Gasteiger partial charge in [-0.3, -0.25) is 4.57 Å². The molecule has 2 aromatic rings. The molecule has 1 unspecified atom stereocenters. The minimum absolute atomic E-state index is 0.293. The molecule has 0 amide bonds. The molecule has 1 aromatic carbocycles. The zero-order valence-corrected chi connectivity index (χ0v) is 11.6. The first-order chi connectivity index (χ1) is 9.27. The number of para-hydroxylation sites is 1. The third-order valence-corrected chi connectivity index (χ3v) is 3.57. The van der Waals surface area contributed by atoms with Gasteiger partial charge in [0.2, 0.25) is 10.7 Å². The van der Waals surface area contributed by atoms with Crippen LogP contribution in [0.25, 0.3) is 5.69 Å². The van der Waals surface area contributed by atoms with Gasteiger partial charge in [0.05, 0.1) is 24.9 Å². The molecule has 0 radical (unpaired) electrons. The smallest absolute Gasteiger partial charge is 0.230 e. The summed E-state index contributed by atoms with van der Waals surface area (Å²) < 4.78 is 8.05. The molecular weight excluding hydrogens is 260 g/mol. The maximum Gasteiger partial charge on any atom is 0.230 e. The molecule has 0 spiro atoms. The van der Waals surface area contributed by atoms with Gasteiger partial charge >= 0.3 is 0 Å². The minimum atomic E-state index is 0.293. The molecule has 0 saturated carbocycles. The number of ether oxygens (including phenoxy) is 1. The van der Waals surface area contributed by atoms with E-state index in [1.54, 1.807) is 0 Å². The summed E-state index contributed by atoms with van der Waals surface area (Å²) in [6.07, 6.45) is 0. The van der Waals surface area contributed by atoms with Crippen LogP contribution in [0.4, 0.5) is 5.95 Å². The van der Waals surface area contributed by atoms with E-state index in [1.165, 1.54) is 0 Å². The molecule has 19 heavy (non-hydrogen) atoms. The lowest BCUT2D eigenvalue weighted by Gasteiger charge is -2.33. The zero-order valence-electron chi connectivity index (χ0n) is 10.7. The molecule has 1 aromatic heterocycles. The van der Waals surface area contributed by atoms with E-state index >= 15 is 0 Å². The third-order valence-electron chi connectivity index (χ3n) is 3.29. The van der Waals surface area contributed by atoms with E-state index in [9.17, 15) is 0 Å². The van der Waals surface area contributed by atoms with Gasteiger partial charge in [0.1, 0.15) is 0 Å². The number of anilines is 1. The second kappa shape index (κ2) is 5.14. The number of hydrogen-bond acceptors (Lipinski definition) is 4. The molecule has 3 rings (SSSR count). The first-order valence-corrected chi connectivity index (χ1v) is 6.75. The maximum atomic E-state index is 5.47. The van der Waals surface area contributed by atoms with Crippen LogP contribution >= 0.6 is 12.2 Å². The Bertz CT molecular complexity index is 607. The first-order valence-electron chi connectivity index (χ1n) is 6.34. The van der Waals surface area contributed by atoms with Crippen LogP contribution in [-0.4, -0.2) is 40.6 Å². The topological polar surface area (TPSA) is 46.1 Å². The molecule has 1 fully saturated rings. The van der Waals surface area contributed by atoms with Crippen molar-refractivity contribution < 1.29 is 4.74 Å². The van der Waals surface area contributed by atoms with E-state index in [2.05, 4.69) is 22.0 Å². The maximum absolute atomic E-state index is 5.47. The van der Waals surface area contributed by atoms with Gasteiger partial charge in [-0.15, -0.1) is 5.10 Å². The normalized spacial score (nSPS) is 19.6. The van der Waals surface area contributed by atoms with Crippen LogP contribution in [0.15, 0.2) is 30.3 Å². The summed E-state index contributed by atoms with van der Waals surface area (Å²) in [4.78, 5) is 2.22. The van der Waals surface area contributed by atoms with E-state index < -0.39 is 0 Å². The van der Waals surface area contributed by atoms with Crippen LogP contribution in [0, 0.1) is 4.77 Å². The number of H-pyrrole nitrogens is 1. The Balaban J connectivity index is 2.06. The highest BCUT2D eigenvalue weighted by atomic mass is 32.1. The van der Waals surface area contributed by atoms with Crippen LogP contribution < -0.4 is 4.90 Å². The van der Waals surface area contributed by atoms with Crippen molar-refractivity contribution >= 4 is 18.2 Å². The number of hydrogen-bond donors (Lipinski definition) is 1. The summed E-state index contributed by atoms with van der Waals surface area (Å²) in [5.41, 5.74) is 1.02. The van der Waals surface area contributed by atoms with Gasteiger partial charge < -0.3 is 9.64 Å². The summed E-state index contributed by atoms with van der Waals surface area (Å²) in [5, 5.41) is 7.27. The van der Waals surface area contributed by atoms with Gasteiger partial charge in [-0.25, -0.2) is 5.10 Å². The Morgan fingerprint density at radius 2 is 2.16 bits per heavy atom. The fourth-order valence-electron chi connectivity index (χ4n) is 2.32. The van der Waals surface area contributed by atoms with Gasteiger partial charge in [-0.2, -0.15) is 0 Å². The van der Waals surface area contributed by atoms with E-state index in [0.717, 1.165) is 24.8 Å². The van der Waals surface area contributed by atoms with Gasteiger partial charge in [0.15, 0.2) is 0 Å². The van der Waals surface area contributed by atoms with E-state index in [0.29, 0.717) is 17.4 Å². The van der Waals surface area contributed by atoms with E-state index in [1.807, 2.05) is 34.9 Å². The van der Waals surface area contributed by atoms with Crippen molar-refractivity contribution in [2.45, 2.75) is 13.0 Å². The Morgan fingerprint density at radius 1 is 1.37 bits per heavy atom. The Kier molecular flexibility index (Phi) is 3.35. The van der Waals surface area contributed by atoms with Gasteiger partial charge in [-0.05, 0) is 31.3 Å². The van der Waals surface area contributed by atoms with Crippen molar-refractivity contribution in [1.29, 1.82) is 0 Å². The Hall–Kier alpha value is -1.66. The van der Waals surface area contributed by atoms with Crippen molar-refractivity contribution in [3.8, 4) is 5.69 Å². The van der Waals surface area contributed by atoms with Crippen molar-refractivity contribution in [1.82, 2.24) is 14.8 Å². The number of morpholine rings is 1. The fourth-order valence-corrected chi connectivity index (χ4v) is 2.55. The van der Waals surface area contributed by atoms with Crippen LogP contribution in [-0.2, 0) is 4.74 Å². The summed E-state index contributed by atoms with van der Waals surface area (Å²) >= 11 is 5.35. The molecular formula is C13H16N4OS. The van der Waals surface area contributed by atoms with E-state index in [4.69, 9.17) is 17.0 Å². The van der Waals surface area contributed by atoms with Gasteiger partial charge in [0.25, 0.3) is 0 Å². The molecule has 100 valence electrons. The highest BCUT2D eigenvalue weighted by Gasteiger charge is 2.24. The molecule has 5 nitrogen and oxygen atoms in total. The molecule has 1 aliphatic heterocycles. The standard InChI is InChI=1S/C13H16N4OS/c1-10-9-18-8-7-16(10)12-14-15-13(19)17(12)11-5-3-2-4-6-11/h2-6,10H,7-9H2,1H3,(H,15,19). The lowest BCUT2D eigenvalue weighted by Crippen LogP contribution is -2.45. The van der Waals surface area contributed by atoms with Crippen LogP contribution in [0.5, 0.6) is 0 Å². The number of nitrogens with one attached hydrogen (secondary N) is 1. The number of aromatic nitrogens is 3. The van der Waals surface area contributed by atoms with Crippen molar-refractivity contribution in [2.75, 3.05) is 24.7 Å². The minimum Gasteiger partial charge on any atom is -0.377 e. The van der Waals surface area contributed by atoms with Crippen molar-refractivity contribution in [2.24, 2.45) is 0 Å². The summed E-state index contributed by atoms with van der Waals surface area (Å²) in [6.45, 7) is 4.40. The number of benzene rings is 1. The Labute approximate surface area is 116 Å². The lowest BCUT2D eigenvalue weighted by atomic mass is 10.2.